The molecule has 2 aromatic heterocycles. The van der Waals surface area contributed by atoms with Crippen molar-refractivity contribution in [2.75, 3.05) is 20.2 Å². The number of aryl methyl sites for hydroxylation is 1. The molecule has 29 heavy (non-hydrogen) atoms. The van der Waals surface area contributed by atoms with E-state index in [4.69, 9.17) is 13.9 Å². The number of piperidine rings is 1. The van der Waals surface area contributed by atoms with Crippen LogP contribution in [-0.2, 0) is 0 Å². The van der Waals surface area contributed by atoms with E-state index in [0.29, 0.717) is 41.5 Å². The molecule has 0 spiro atoms. The summed E-state index contributed by atoms with van der Waals surface area (Å²) in [6, 6.07) is 8.51. The highest BCUT2D eigenvalue weighted by Gasteiger charge is 2.28. The molecule has 8 heteroatoms. The van der Waals surface area contributed by atoms with Crippen molar-refractivity contribution in [3.05, 3.63) is 58.3 Å². The Bertz CT molecular complexity index is 1110. The first kappa shape index (κ1) is 18.9. The summed E-state index contributed by atoms with van der Waals surface area (Å²) in [5.74, 6) is 1.19. The second kappa shape index (κ2) is 7.90. The maximum Gasteiger partial charge on any atom is 0.349 e. The number of likely N-dealkylation sites (tertiary alicyclic amines) is 1. The van der Waals surface area contributed by atoms with E-state index in [1.807, 2.05) is 0 Å². The van der Waals surface area contributed by atoms with Gasteiger partial charge in [0.25, 0.3) is 5.91 Å². The number of methoxy groups -OCH3 is 1. The molecule has 0 N–H and O–H groups in total. The van der Waals surface area contributed by atoms with Gasteiger partial charge in [-0.2, -0.15) is 4.98 Å². The fraction of sp³-hybridized carbons (Fsp3) is 0.333. The van der Waals surface area contributed by atoms with Crippen molar-refractivity contribution in [2.45, 2.75) is 25.9 Å². The van der Waals surface area contributed by atoms with Gasteiger partial charge in [0.1, 0.15) is 17.5 Å². The Morgan fingerprint density at radius 1 is 1.31 bits per heavy atom. The highest BCUT2D eigenvalue weighted by molar-refractivity contribution is 5.97. The van der Waals surface area contributed by atoms with Crippen LogP contribution < -0.4 is 15.1 Å². The first-order valence-corrected chi connectivity index (χ1v) is 9.41. The molecule has 3 heterocycles. The highest BCUT2D eigenvalue weighted by Crippen LogP contribution is 2.25. The lowest BCUT2D eigenvalue weighted by Crippen LogP contribution is -2.45. The number of nitrogens with zero attached hydrogens (tertiary/aromatic N) is 3. The molecule has 0 aliphatic carbocycles. The average Bonchev–Trinajstić information content (AvgIpc) is 2.72. The maximum atomic E-state index is 13.0. The number of hydrogen-bond donors (Lipinski definition) is 0. The van der Waals surface area contributed by atoms with Crippen LogP contribution in [0.15, 0.2) is 45.7 Å². The van der Waals surface area contributed by atoms with Gasteiger partial charge in [0.15, 0.2) is 11.3 Å². The Morgan fingerprint density at radius 2 is 2.17 bits per heavy atom. The van der Waals surface area contributed by atoms with Crippen molar-refractivity contribution < 1.29 is 18.7 Å². The largest absolute Gasteiger partial charge is 0.493 e. The summed E-state index contributed by atoms with van der Waals surface area (Å²) in [6.07, 6.45) is 3.01. The molecule has 8 nitrogen and oxygen atoms in total. The van der Waals surface area contributed by atoms with Gasteiger partial charge in [-0.25, -0.2) is 9.78 Å². The van der Waals surface area contributed by atoms with Crippen LogP contribution in [0, 0.1) is 6.92 Å². The third kappa shape index (κ3) is 3.91. The molecule has 0 unspecified atom stereocenters. The zero-order valence-corrected chi connectivity index (χ0v) is 16.3. The van der Waals surface area contributed by atoms with Crippen LogP contribution in [0.2, 0.25) is 0 Å². The number of aromatic nitrogens is 2. The maximum absolute atomic E-state index is 13.0. The number of para-hydroxylation sites is 1. The molecule has 1 atom stereocenters. The molecule has 150 valence electrons. The standard InChI is InChI=1S/C21H21N3O5/c1-13-22-9-8-18(23-13)28-15-6-4-10-24(12-15)20(25)16-11-14-5-3-7-17(27-2)19(14)29-21(16)26/h3,5,7-9,11,15H,4,6,10,12H2,1-2H3/t15-/m1/s1. The minimum atomic E-state index is -0.679. The molecule has 0 radical (unpaired) electrons. The Labute approximate surface area is 167 Å². The van der Waals surface area contributed by atoms with Gasteiger partial charge in [-0.3, -0.25) is 4.79 Å². The predicted molar refractivity (Wildman–Crippen MR) is 105 cm³/mol. The predicted octanol–water partition coefficient (Wildman–Crippen LogP) is 2.58. The summed E-state index contributed by atoms with van der Waals surface area (Å²) >= 11 is 0. The quantitative estimate of drug-likeness (QED) is 0.627. The van der Waals surface area contributed by atoms with E-state index >= 15 is 0 Å². The third-order valence-corrected chi connectivity index (χ3v) is 4.88. The van der Waals surface area contributed by atoms with Crippen molar-refractivity contribution in [2.24, 2.45) is 0 Å². The van der Waals surface area contributed by atoms with Crippen LogP contribution in [0.1, 0.15) is 29.0 Å². The first-order chi connectivity index (χ1) is 14.0. The van der Waals surface area contributed by atoms with E-state index in [2.05, 4.69) is 9.97 Å². The van der Waals surface area contributed by atoms with E-state index < -0.39 is 5.63 Å². The van der Waals surface area contributed by atoms with Crippen LogP contribution in [0.5, 0.6) is 11.6 Å². The fourth-order valence-corrected chi connectivity index (χ4v) is 3.49. The van der Waals surface area contributed by atoms with Gasteiger partial charge in [-0.1, -0.05) is 12.1 Å². The van der Waals surface area contributed by atoms with Crippen LogP contribution in [0.4, 0.5) is 0 Å². The summed E-state index contributed by atoms with van der Waals surface area (Å²) in [5, 5.41) is 0.633. The number of ether oxygens (including phenoxy) is 2. The summed E-state index contributed by atoms with van der Waals surface area (Å²) in [7, 11) is 1.50. The minimum Gasteiger partial charge on any atom is -0.493 e. The van der Waals surface area contributed by atoms with Crippen LogP contribution in [0.25, 0.3) is 11.0 Å². The molecular weight excluding hydrogens is 374 g/mol. The molecule has 1 amide bonds. The van der Waals surface area contributed by atoms with Crippen molar-refractivity contribution in [1.82, 2.24) is 14.9 Å². The smallest absolute Gasteiger partial charge is 0.349 e. The Hall–Kier alpha value is -3.42. The molecule has 3 aromatic rings. The number of carbonyl (C=O) groups excluding carboxylic acids is 1. The molecule has 1 aliphatic rings. The Kier molecular flexibility index (Phi) is 5.16. The molecule has 1 aromatic carbocycles. The normalized spacial score (nSPS) is 16.6. The van der Waals surface area contributed by atoms with Crippen molar-refractivity contribution in [3.63, 3.8) is 0 Å². The van der Waals surface area contributed by atoms with E-state index in [-0.39, 0.29) is 17.6 Å². The monoisotopic (exact) mass is 395 g/mol. The number of hydrogen-bond acceptors (Lipinski definition) is 7. The fourth-order valence-electron chi connectivity index (χ4n) is 3.49. The lowest BCUT2D eigenvalue weighted by molar-refractivity contribution is 0.0523. The summed E-state index contributed by atoms with van der Waals surface area (Å²) in [5.41, 5.74) is -0.346. The van der Waals surface area contributed by atoms with Crippen molar-refractivity contribution in [3.8, 4) is 11.6 Å². The number of carbonyl (C=O) groups is 1. The van der Waals surface area contributed by atoms with E-state index in [0.717, 1.165) is 12.8 Å². The molecule has 4 rings (SSSR count). The molecule has 0 bridgehead atoms. The molecule has 1 aliphatic heterocycles. The summed E-state index contributed by atoms with van der Waals surface area (Å²) < 4.78 is 16.5. The zero-order chi connectivity index (χ0) is 20.4. The number of amides is 1. The molecule has 1 fully saturated rings. The van der Waals surface area contributed by atoms with Gasteiger partial charge in [-0.05, 0) is 31.9 Å². The van der Waals surface area contributed by atoms with E-state index in [1.165, 1.54) is 7.11 Å². The van der Waals surface area contributed by atoms with Gasteiger partial charge in [0, 0.05) is 24.2 Å². The van der Waals surface area contributed by atoms with Gasteiger partial charge in [0.2, 0.25) is 5.88 Å². The Balaban J connectivity index is 1.56. The van der Waals surface area contributed by atoms with Crippen LogP contribution in [-0.4, -0.2) is 47.1 Å². The highest BCUT2D eigenvalue weighted by atomic mass is 16.5. The van der Waals surface area contributed by atoms with Gasteiger partial charge in [0.05, 0.1) is 13.7 Å². The SMILES string of the molecule is COc1cccc2cc(C(=O)N3CCC[C@@H](Oc4ccnc(C)n4)C3)c(=O)oc12. The van der Waals surface area contributed by atoms with Crippen LogP contribution in [0.3, 0.4) is 0 Å². The Morgan fingerprint density at radius 3 is 2.97 bits per heavy atom. The molecule has 0 saturated carbocycles. The van der Waals surface area contributed by atoms with Gasteiger partial charge in [-0.15, -0.1) is 0 Å². The van der Waals surface area contributed by atoms with Gasteiger partial charge >= 0.3 is 5.63 Å². The van der Waals surface area contributed by atoms with E-state index in [1.54, 1.807) is 48.4 Å². The molecular formula is C21H21N3O5. The number of rotatable bonds is 4. The van der Waals surface area contributed by atoms with Gasteiger partial charge < -0.3 is 18.8 Å². The van der Waals surface area contributed by atoms with Crippen molar-refractivity contribution >= 4 is 16.9 Å². The minimum absolute atomic E-state index is 0.00397. The number of benzene rings is 1. The molecule has 1 saturated heterocycles. The zero-order valence-electron chi connectivity index (χ0n) is 16.3. The van der Waals surface area contributed by atoms with E-state index in [9.17, 15) is 9.59 Å². The summed E-state index contributed by atoms with van der Waals surface area (Å²) in [6.45, 7) is 2.71. The third-order valence-electron chi connectivity index (χ3n) is 4.88. The summed E-state index contributed by atoms with van der Waals surface area (Å²) in [4.78, 5) is 35.4. The second-order valence-electron chi connectivity index (χ2n) is 6.90. The lowest BCUT2D eigenvalue weighted by atomic mass is 10.1. The van der Waals surface area contributed by atoms with Crippen LogP contribution >= 0.6 is 0 Å². The average molecular weight is 395 g/mol. The van der Waals surface area contributed by atoms with Crippen molar-refractivity contribution in [1.29, 1.82) is 0 Å². The number of fused-ring (bicyclic) bond motifs is 1. The topological polar surface area (TPSA) is 94.8 Å². The second-order valence-corrected chi connectivity index (χ2v) is 6.90. The lowest BCUT2D eigenvalue weighted by Gasteiger charge is -2.32. The first-order valence-electron chi connectivity index (χ1n) is 9.41.